The normalized spacial score (nSPS) is 28.4. The second-order valence-corrected chi connectivity index (χ2v) is 16.0. The molecule has 0 saturated carbocycles. The summed E-state index contributed by atoms with van der Waals surface area (Å²) in [5.41, 5.74) is 2.88. The second-order valence-electron chi connectivity index (χ2n) is 14.3. The number of nitrogens with one attached hydrogen (secondary N) is 1. The predicted molar refractivity (Wildman–Crippen MR) is 190 cm³/mol. The molecule has 47 heavy (non-hydrogen) atoms. The number of carboxylic acid groups (broad SMARTS) is 1. The van der Waals surface area contributed by atoms with Crippen LogP contribution >= 0.6 is 31.9 Å². The number of anilines is 1. The zero-order valence-corrected chi connectivity index (χ0v) is 30.8. The SMILES string of the molecule is Cc1c(Br)cc(C[N@+]2(C(=O)O)CCC(N3CCc4ccccc4NC3=O)CC2(CC=O)N2CCC(C3CCN(C)CC3)CC2)cc1Br. The Hall–Kier alpha value is -2.31. The first-order valence-electron chi connectivity index (χ1n) is 17.1. The standard InChI is InChI=1S/C36H47Br2N5O4/c1-25-31(37)21-26(22-32(25)38)24-43(35(46)47)19-12-30(42-18-11-29-5-3-4-6-33(29)39-34(42)45)23-36(43,13-20-44)41-16-9-28(10-17-41)27-7-14-40(2)15-8-27/h3-6,20-22,27-28,30H,7-19,23-24H2,1-2H3,(H-,39,45,46,47)/p+1/t30?,36?,43-/m0/s1. The van der Waals surface area contributed by atoms with Crippen LogP contribution in [0.2, 0.25) is 0 Å². The monoisotopic (exact) mass is 772 g/mol. The van der Waals surface area contributed by atoms with Gasteiger partial charge < -0.3 is 25.0 Å². The predicted octanol–water partition coefficient (Wildman–Crippen LogP) is 7.11. The molecule has 3 amide bonds. The molecule has 0 bridgehead atoms. The van der Waals surface area contributed by atoms with E-state index in [4.69, 9.17) is 0 Å². The Balaban J connectivity index is 1.36. The van der Waals surface area contributed by atoms with E-state index in [1.54, 1.807) is 0 Å². The van der Waals surface area contributed by atoms with Crippen LogP contribution in [0.4, 0.5) is 15.3 Å². The molecule has 2 aromatic rings. The van der Waals surface area contributed by atoms with E-state index in [9.17, 15) is 19.5 Å². The van der Waals surface area contributed by atoms with Gasteiger partial charge in [0.15, 0.2) is 5.66 Å². The van der Waals surface area contributed by atoms with Crippen LogP contribution in [-0.2, 0) is 17.8 Å². The maximum atomic E-state index is 13.9. The molecule has 6 rings (SSSR count). The molecule has 4 aliphatic rings. The molecule has 254 valence electrons. The fourth-order valence-electron chi connectivity index (χ4n) is 9.11. The number of carbonyl (C=O) groups excluding carboxylic acids is 2. The highest BCUT2D eigenvalue weighted by molar-refractivity contribution is 9.11. The van der Waals surface area contributed by atoms with Crippen LogP contribution in [0.25, 0.3) is 0 Å². The molecule has 2 unspecified atom stereocenters. The summed E-state index contributed by atoms with van der Waals surface area (Å²) in [6.07, 6.45) is 6.22. The van der Waals surface area contributed by atoms with Crippen LogP contribution in [0.15, 0.2) is 45.3 Å². The molecule has 4 heterocycles. The largest absolute Gasteiger partial charge is 0.515 e. The molecule has 0 aromatic heterocycles. The van der Waals surface area contributed by atoms with Crippen molar-refractivity contribution in [3.05, 3.63) is 62.0 Å². The molecule has 2 aromatic carbocycles. The lowest BCUT2D eigenvalue weighted by Gasteiger charge is -2.59. The fraction of sp³-hybridized carbons (Fsp3) is 0.583. The van der Waals surface area contributed by atoms with E-state index in [2.05, 4.69) is 60.1 Å². The Bertz CT molecular complexity index is 1470. The summed E-state index contributed by atoms with van der Waals surface area (Å²) in [7, 11) is 2.19. The number of rotatable bonds is 7. The average Bonchev–Trinajstić information content (AvgIpc) is 3.23. The lowest BCUT2D eigenvalue weighted by molar-refractivity contribution is -0.942. The summed E-state index contributed by atoms with van der Waals surface area (Å²) >= 11 is 7.37. The van der Waals surface area contributed by atoms with Gasteiger partial charge in [-0.1, -0.05) is 50.1 Å². The van der Waals surface area contributed by atoms with Crippen LogP contribution in [0.3, 0.4) is 0 Å². The third kappa shape index (κ3) is 6.67. The highest BCUT2D eigenvalue weighted by Crippen LogP contribution is 2.47. The highest BCUT2D eigenvalue weighted by atomic mass is 79.9. The molecular formula is C36H48Br2N5O4+. The Labute approximate surface area is 295 Å². The van der Waals surface area contributed by atoms with Crippen LogP contribution in [0.1, 0.15) is 61.6 Å². The molecule has 2 N–H and O–H groups in total. The molecule has 9 nitrogen and oxygen atoms in total. The second kappa shape index (κ2) is 14.3. The highest BCUT2D eigenvalue weighted by Gasteiger charge is 2.64. The van der Waals surface area contributed by atoms with Gasteiger partial charge in [-0.3, -0.25) is 4.90 Å². The molecular weight excluding hydrogens is 726 g/mol. The molecule has 3 saturated heterocycles. The van der Waals surface area contributed by atoms with E-state index in [-0.39, 0.29) is 29.5 Å². The van der Waals surface area contributed by atoms with Gasteiger partial charge >= 0.3 is 12.1 Å². The number of hydrogen-bond donors (Lipinski definition) is 2. The number of amides is 3. The summed E-state index contributed by atoms with van der Waals surface area (Å²) < 4.78 is 1.58. The van der Waals surface area contributed by atoms with Crippen LogP contribution < -0.4 is 5.32 Å². The van der Waals surface area contributed by atoms with Gasteiger partial charge in [0.1, 0.15) is 12.8 Å². The van der Waals surface area contributed by atoms with Crippen LogP contribution in [0.5, 0.6) is 0 Å². The first-order valence-corrected chi connectivity index (χ1v) is 18.7. The molecule has 0 radical (unpaired) electrons. The van der Waals surface area contributed by atoms with Gasteiger partial charge in [0.25, 0.3) is 0 Å². The van der Waals surface area contributed by atoms with Crippen LogP contribution in [0, 0.1) is 18.8 Å². The number of benzene rings is 2. The van der Waals surface area contributed by atoms with E-state index >= 15 is 0 Å². The molecule has 0 aliphatic carbocycles. The van der Waals surface area contributed by atoms with Crippen molar-refractivity contribution in [1.29, 1.82) is 0 Å². The van der Waals surface area contributed by atoms with Gasteiger partial charge in [-0.15, -0.1) is 0 Å². The van der Waals surface area contributed by atoms with Crippen molar-refractivity contribution in [2.75, 3.05) is 51.6 Å². The topological polar surface area (TPSA) is 93.2 Å². The van der Waals surface area contributed by atoms with Crippen molar-refractivity contribution in [1.82, 2.24) is 14.7 Å². The van der Waals surface area contributed by atoms with E-state index < -0.39 is 11.8 Å². The van der Waals surface area contributed by atoms with Gasteiger partial charge in [0.05, 0.1) is 13.0 Å². The Morgan fingerprint density at radius 3 is 2.30 bits per heavy atom. The first-order chi connectivity index (χ1) is 22.6. The Morgan fingerprint density at radius 1 is 1.02 bits per heavy atom. The summed E-state index contributed by atoms with van der Waals surface area (Å²) in [6, 6.07) is 11.6. The third-order valence-corrected chi connectivity index (χ3v) is 13.6. The van der Waals surface area contributed by atoms with Crippen molar-refractivity contribution in [3.8, 4) is 0 Å². The van der Waals surface area contributed by atoms with Crippen molar-refractivity contribution in [2.24, 2.45) is 11.8 Å². The summed E-state index contributed by atoms with van der Waals surface area (Å²) in [5.74, 6) is 1.30. The van der Waals surface area contributed by atoms with E-state index in [0.29, 0.717) is 37.8 Å². The number of carbonyl (C=O) groups is 3. The third-order valence-electron chi connectivity index (χ3n) is 11.9. The van der Waals surface area contributed by atoms with Crippen molar-refractivity contribution >= 4 is 56.0 Å². The number of quaternary nitrogens is 1. The number of nitrogens with zero attached hydrogens (tertiary/aromatic N) is 4. The van der Waals surface area contributed by atoms with Crippen molar-refractivity contribution in [3.63, 3.8) is 0 Å². The lowest BCUT2D eigenvalue weighted by Crippen LogP contribution is -2.78. The lowest BCUT2D eigenvalue weighted by atomic mass is 9.76. The first kappa shape index (κ1) is 34.5. The zero-order chi connectivity index (χ0) is 33.3. The number of para-hydroxylation sites is 1. The fourth-order valence-corrected chi connectivity index (χ4v) is 10.4. The average molecular weight is 775 g/mol. The quantitative estimate of drug-likeness (QED) is 0.230. The Kier molecular flexibility index (Phi) is 10.5. The summed E-state index contributed by atoms with van der Waals surface area (Å²) in [5, 5.41) is 14.5. The summed E-state index contributed by atoms with van der Waals surface area (Å²) in [4.78, 5) is 47.1. The molecule has 0 spiro atoms. The van der Waals surface area contributed by atoms with Gasteiger partial charge in [-0.25, -0.2) is 9.28 Å². The minimum atomic E-state index is -1.00. The smallest absolute Gasteiger partial charge is 0.435 e. The number of halogens is 2. The number of urea groups is 1. The van der Waals surface area contributed by atoms with Gasteiger partial charge in [0, 0.05) is 58.7 Å². The molecule has 4 aliphatic heterocycles. The van der Waals surface area contributed by atoms with Crippen molar-refractivity contribution < 1.29 is 24.0 Å². The number of hydrogen-bond acceptors (Lipinski definition) is 5. The maximum absolute atomic E-state index is 13.9. The zero-order valence-electron chi connectivity index (χ0n) is 27.6. The van der Waals surface area contributed by atoms with Crippen LogP contribution in [-0.4, -0.2) is 101 Å². The van der Waals surface area contributed by atoms with Gasteiger partial charge in [-0.05, 0) is 100 Å². The maximum Gasteiger partial charge on any atom is 0.515 e. The van der Waals surface area contributed by atoms with Crippen molar-refractivity contribution in [2.45, 2.75) is 76.5 Å². The molecule has 3 atom stereocenters. The Morgan fingerprint density at radius 2 is 1.66 bits per heavy atom. The number of likely N-dealkylation sites (tertiary alicyclic amines) is 3. The van der Waals surface area contributed by atoms with E-state index in [0.717, 1.165) is 83.1 Å². The number of aldehydes is 1. The van der Waals surface area contributed by atoms with Gasteiger partial charge in [-0.2, -0.15) is 4.79 Å². The molecule has 11 heteroatoms. The summed E-state index contributed by atoms with van der Waals surface area (Å²) in [6.45, 7) is 6.90. The van der Waals surface area contributed by atoms with E-state index in [1.165, 1.54) is 12.8 Å². The minimum absolute atomic E-state index is 0.0958. The molecule has 3 fully saturated rings. The number of piperidine rings is 3. The minimum Gasteiger partial charge on any atom is -0.435 e. The van der Waals surface area contributed by atoms with Gasteiger partial charge in [0.2, 0.25) is 0 Å². The van der Waals surface area contributed by atoms with E-state index in [1.807, 2.05) is 42.2 Å². The number of fused-ring (bicyclic) bond motifs is 1.